The fourth-order valence-corrected chi connectivity index (χ4v) is 4.04. The lowest BCUT2D eigenvalue weighted by Crippen LogP contribution is -2.16. The fourth-order valence-electron chi connectivity index (χ4n) is 2.23. The molecule has 24 heavy (non-hydrogen) atoms. The van der Waals surface area contributed by atoms with E-state index in [1.807, 2.05) is 0 Å². The molecular weight excluding hydrogens is 370 g/mol. The highest BCUT2D eigenvalue weighted by Crippen LogP contribution is 2.29. The fraction of sp³-hybridized carbons (Fsp3) is 0.0588. The van der Waals surface area contributed by atoms with Crippen LogP contribution in [0.2, 0.25) is 10.0 Å². The van der Waals surface area contributed by atoms with Gasteiger partial charge >= 0.3 is 0 Å². The third-order valence-corrected chi connectivity index (χ3v) is 4.75. The number of benzene rings is 2. The molecule has 0 bridgehead atoms. The number of nitrogens with zero attached hydrogens (tertiary/aromatic N) is 2. The number of halogens is 3. The van der Waals surface area contributed by atoms with Crippen LogP contribution in [-0.2, 0) is 6.54 Å². The highest BCUT2D eigenvalue weighted by molar-refractivity contribution is 7.16. The Labute approximate surface area is 151 Å². The minimum Gasteiger partial charge on any atom is -0.303 e. The summed E-state index contributed by atoms with van der Waals surface area (Å²) >= 11 is 13.5. The van der Waals surface area contributed by atoms with Gasteiger partial charge in [-0.3, -0.25) is 4.79 Å². The summed E-state index contributed by atoms with van der Waals surface area (Å²) in [6.07, 6.45) is 5.41. The Balaban J connectivity index is 2.22. The van der Waals surface area contributed by atoms with Gasteiger partial charge in [-0.15, -0.1) is 6.42 Å². The van der Waals surface area contributed by atoms with Gasteiger partial charge in [-0.25, -0.2) is 4.39 Å². The van der Waals surface area contributed by atoms with Crippen LogP contribution in [0.3, 0.4) is 0 Å². The van der Waals surface area contributed by atoms with Crippen LogP contribution in [-0.4, -0.2) is 10.5 Å². The number of rotatable bonds is 2. The van der Waals surface area contributed by atoms with Crippen molar-refractivity contribution < 1.29 is 9.18 Å². The van der Waals surface area contributed by atoms with Gasteiger partial charge < -0.3 is 4.57 Å². The van der Waals surface area contributed by atoms with Crippen molar-refractivity contribution in [2.24, 2.45) is 4.99 Å². The SMILES string of the molecule is C#CCn1c(=NC(=O)c2cccc(F)c2)sc2cc(Cl)cc(Cl)c21. The molecule has 3 nitrogen and oxygen atoms in total. The van der Waals surface area contributed by atoms with Crippen molar-refractivity contribution in [2.75, 3.05) is 0 Å². The van der Waals surface area contributed by atoms with E-state index in [-0.39, 0.29) is 12.1 Å². The first-order valence-electron chi connectivity index (χ1n) is 6.76. The molecule has 2 aromatic carbocycles. The van der Waals surface area contributed by atoms with Crippen LogP contribution >= 0.6 is 34.5 Å². The van der Waals surface area contributed by atoms with Crippen molar-refractivity contribution in [3.05, 3.63) is 62.6 Å². The second-order valence-corrected chi connectivity index (χ2v) is 6.69. The molecule has 0 spiro atoms. The van der Waals surface area contributed by atoms with Gasteiger partial charge in [0.25, 0.3) is 5.91 Å². The highest BCUT2D eigenvalue weighted by Gasteiger charge is 2.12. The summed E-state index contributed by atoms with van der Waals surface area (Å²) in [4.78, 5) is 16.8. The van der Waals surface area contributed by atoms with Crippen molar-refractivity contribution in [1.29, 1.82) is 0 Å². The summed E-state index contributed by atoms with van der Waals surface area (Å²) < 4.78 is 15.7. The van der Waals surface area contributed by atoms with Crippen molar-refractivity contribution >= 4 is 50.7 Å². The molecule has 1 amide bonds. The molecule has 0 fully saturated rings. The minimum absolute atomic E-state index is 0.156. The largest absolute Gasteiger partial charge is 0.303 e. The predicted octanol–water partition coefficient (Wildman–Crippen LogP) is 4.52. The highest BCUT2D eigenvalue weighted by atomic mass is 35.5. The number of aromatic nitrogens is 1. The number of terminal acetylenes is 1. The van der Waals surface area contributed by atoms with Crippen LogP contribution < -0.4 is 4.80 Å². The van der Waals surface area contributed by atoms with Crippen molar-refractivity contribution in [1.82, 2.24) is 4.57 Å². The second-order valence-electron chi connectivity index (χ2n) is 4.84. The third kappa shape index (κ3) is 3.22. The third-order valence-electron chi connectivity index (χ3n) is 3.21. The first-order chi connectivity index (χ1) is 11.5. The van der Waals surface area contributed by atoms with Gasteiger partial charge in [0.1, 0.15) is 5.82 Å². The van der Waals surface area contributed by atoms with Gasteiger partial charge in [0, 0.05) is 10.6 Å². The average molecular weight is 379 g/mol. The molecule has 3 rings (SSSR count). The molecule has 0 saturated heterocycles. The molecular formula is C17H9Cl2FN2OS. The molecule has 0 aliphatic heterocycles. The van der Waals surface area contributed by atoms with Crippen LogP contribution in [0, 0.1) is 18.2 Å². The van der Waals surface area contributed by atoms with Gasteiger partial charge in [0.2, 0.25) is 0 Å². The average Bonchev–Trinajstić information content (AvgIpc) is 2.85. The Morgan fingerprint density at radius 1 is 1.33 bits per heavy atom. The maximum absolute atomic E-state index is 13.3. The lowest BCUT2D eigenvalue weighted by Gasteiger charge is -2.02. The molecule has 0 N–H and O–H groups in total. The van der Waals surface area contributed by atoms with Crippen molar-refractivity contribution in [3.63, 3.8) is 0 Å². The number of fused-ring (bicyclic) bond motifs is 1. The molecule has 7 heteroatoms. The Morgan fingerprint density at radius 2 is 2.12 bits per heavy atom. The van der Waals surface area contributed by atoms with Gasteiger partial charge in [-0.2, -0.15) is 4.99 Å². The van der Waals surface area contributed by atoms with Crippen LogP contribution in [0.15, 0.2) is 41.4 Å². The van der Waals surface area contributed by atoms with Gasteiger partial charge in [0.05, 0.1) is 21.8 Å². The molecule has 1 heterocycles. The quantitative estimate of drug-likeness (QED) is 0.603. The zero-order valence-electron chi connectivity index (χ0n) is 12.1. The van der Waals surface area contributed by atoms with E-state index in [4.69, 9.17) is 29.6 Å². The first-order valence-corrected chi connectivity index (χ1v) is 8.33. The zero-order valence-corrected chi connectivity index (χ0v) is 14.4. The molecule has 3 aromatic rings. The lowest BCUT2D eigenvalue weighted by molar-refractivity contribution is 0.0997. The summed E-state index contributed by atoms with van der Waals surface area (Å²) in [5.74, 6) is 1.45. The normalized spacial score (nSPS) is 11.7. The zero-order chi connectivity index (χ0) is 17.3. The Bertz CT molecular complexity index is 1060. The standard InChI is InChI=1S/C17H9Cl2FN2OS/c1-2-6-22-15-13(19)8-11(18)9-14(15)24-17(22)21-16(23)10-4-3-5-12(20)7-10/h1,3-5,7-9H,6H2. The van der Waals surface area contributed by atoms with Gasteiger partial charge in [0.15, 0.2) is 4.80 Å². The number of hydrogen-bond donors (Lipinski definition) is 0. The van der Waals surface area contributed by atoms with Crippen molar-refractivity contribution in [3.8, 4) is 12.3 Å². The van der Waals surface area contributed by atoms with E-state index in [9.17, 15) is 9.18 Å². The number of thiazole rings is 1. The monoisotopic (exact) mass is 378 g/mol. The second kappa shape index (κ2) is 6.78. The summed E-state index contributed by atoms with van der Waals surface area (Å²) in [6, 6.07) is 8.67. The number of carbonyl (C=O) groups excluding carboxylic acids is 1. The van der Waals surface area contributed by atoms with E-state index in [1.165, 1.54) is 29.5 Å². The molecule has 0 aliphatic rings. The Kier molecular flexibility index (Phi) is 4.72. The lowest BCUT2D eigenvalue weighted by atomic mass is 10.2. The van der Waals surface area contributed by atoms with Gasteiger partial charge in [-0.1, -0.05) is 46.5 Å². The number of carbonyl (C=O) groups is 1. The molecule has 1 aromatic heterocycles. The first kappa shape index (κ1) is 16.7. The van der Waals surface area contributed by atoms with Crippen LogP contribution in [0.1, 0.15) is 10.4 Å². The maximum Gasteiger partial charge on any atom is 0.279 e. The van der Waals surface area contributed by atoms with E-state index in [2.05, 4.69) is 10.9 Å². The summed E-state index contributed by atoms with van der Waals surface area (Å²) in [7, 11) is 0. The summed E-state index contributed by atoms with van der Waals surface area (Å²) in [6.45, 7) is 0.191. The van der Waals surface area contributed by atoms with Crippen LogP contribution in [0.5, 0.6) is 0 Å². The smallest absolute Gasteiger partial charge is 0.279 e. The van der Waals surface area contributed by atoms with E-state index >= 15 is 0 Å². The van der Waals surface area contributed by atoms with E-state index in [0.717, 1.165) is 10.8 Å². The Hall–Kier alpha value is -2.13. The molecule has 0 aliphatic carbocycles. The van der Waals surface area contributed by atoms with E-state index in [0.29, 0.717) is 20.4 Å². The molecule has 120 valence electrons. The van der Waals surface area contributed by atoms with Gasteiger partial charge in [-0.05, 0) is 30.3 Å². The molecule has 0 radical (unpaired) electrons. The Morgan fingerprint density at radius 3 is 2.83 bits per heavy atom. The topological polar surface area (TPSA) is 34.4 Å². The summed E-state index contributed by atoms with van der Waals surface area (Å²) in [5, 5.41) is 0.897. The van der Waals surface area contributed by atoms with E-state index < -0.39 is 11.7 Å². The number of amides is 1. The molecule has 0 saturated carbocycles. The summed E-state index contributed by atoms with van der Waals surface area (Å²) in [5.41, 5.74) is 0.818. The van der Waals surface area contributed by atoms with Crippen LogP contribution in [0.4, 0.5) is 4.39 Å². The predicted molar refractivity (Wildman–Crippen MR) is 95.0 cm³/mol. The van der Waals surface area contributed by atoms with Crippen LogP contribution in [0.25, 0.3) is 10.2 Å². The van der Waals surface area contributed by atoms with E-state index in [1.54, 1.807) is 16.7 Å². The maximum atomic E-state index is 13.3. The molecule has 0 unspecified atom stereocenters. The van der Waals surface area contributed by atoms with Crippen molar-refractivity contribution in [2.45, 2.75) is 6.54 Å². The minimum atomic E-state index is -0.561. The molecule has 0 atom stereocenters. The number of hydrogen-bond acceptors (Lipinski definition) is 2.